The summed E-state index contributed by atoms with van der Waals surface area (Å²) in [5.74, 6) is -1.24. The number of Topliss-reactive ketones (excluding diaryl/α,β-unsaturated/α-hetero) is 1. The molecule has 6 heteroatoms. The van der Waals surface area contributed by atoms with Gasteiger partial charge in [0.25, 0.3) is 0 Å². The molecule has 0 saturated carbocycles. The van der Waals surface area contributed by atoms with E-state index in [1.54, 1.807) is 30.3 Å². The smallest absolute Gasteiger partial charge is 0.341 e. The van der Waals surface area contributed by atoms with Gasteiger partial charge in [0.1, 0.15) is 0 Å². The van der Waals surface area contributed by atoms with Crippen molar-refractivity contribution in [2.45, 2.75) is 9.85 Å². The minimum absolute atomic E-state index is 0.372. The maximum atomic E-state index is 11.7. The van der Waals surface area contributed by atoms with Crippen LogP contribution in [0.2, 0.25) is 0 Å². The first-order chi connectivity index (χ1) is 7.52. The minimum Gasteiger partial charge on any atom is -0.440 e. The zero-order chi connectivity index (χ0) is 12.1. The van der Waals surface area contributed by atoms with E-state index in [9.17, 15) is 9.59 Å². The van der Waals surface area contributed by atoms with Crippen LogP contribution in [0.1, 0.15) is 10.4 Å². The Bertz CT molecular complexity index is 381. The molecule has 1 rings (SSSR count). The lowest BCUT2D eigenvalue weighted by atomic mass is 10.1. The highest BCUT2D eigenvalue weighted by atomic mass is 79.9. The van der Waals surface area contributed by atoms with Crippen LogP contribution in [0.15, 0.2) is 30.3 Å². The van der Waals surface area contributed by atoms with Crippen LogP contribution in [0.25, 0.3) is 0 Å². The molecule has 0 fully saturated rings. The van der Waals surface area contributed by atoms with Crippen molar-refractivity contribution >= 4 is 50.9 Å². The van der Waals surface area contributed by atoms with E-state index in [2.05, 4.69) is 15.9 Å². The number of halogens is 3. The number of carbonyl (C=O) groups is 2. The van der Waals surface area contributed by atoms with Crippen molar-refractivity contribution in [2.75, 3.05) is 0 Å². The Morgan fingerprint density at radius 2 is 1.75 bits per heavy atom. The van der Waals surface area contributed by atoms with Gasteiger partial charge in [-0.1, -0.05) is 53.5 Å². The van der Waals surface area contributed by atoms with Gasteiger partial charge < -0.3 is 4.74 Å². The number of rotatable bonds is 4. The fourth-order valence-electron chi connectivity index (χ4n) is 0.940. The van der Waals surface area contributed by atoms with E-state index in [1.807, 2.05) is 0 Å². The van der Waals surface area contributed by atoms with Crippen molar-refractivity contribution in [3.63, 3.8) is 0 Å². The molecule has 1 atom stereocenters. The third-order valence-corrected chi connectivity index (χ3v) is 2.62. The van der Waals surface area contributed by atoms with Crippen LogP contribution in [0.3, 0.4) is 0 Å². The second-order valence-electron chi connectivity index (χ2n) is 2.78. The molecule has 1 unspecified atom stereocenters. The van der Waals surface area contributed by atoms with Crippen molar-refractivity contribution in [1.82, 2.24) is 0 Å². The van der Waals surface area contributed by atoms with Crippen LogP contribution in [0.5, 0.6) is 0 Å². The number of esters is 1. The molecule has 0 aliphatic rings. The first-order valence-electron chi connectivity index (χ1n) is 4.24. The van der Waals surface area contributed by atoms with E-state index >= 15 is 0 Å². The Morgan fingerprint density at radius 3 is 2.25 bits per heavy atom. The van der Waals surface area contributed by atoms with Crippen molar-refractivity contribution in [2.24, 2.45) is 0 Å². The third kappa shape index (κ3) is 3.77. The molecule has 0 heterocycles. The summed E-state index contributed by atoms with van der Waals surface area (Å²) in [6, 6.07) is 8.42. The summed E-state index contributed by atoms with van der Waals surface area (Å²) in [5, 5.41) is -1.08. The number of ketones is 1. The SMILES string of the molecule is O=C(OC(Br)C(=O)c1ccccc1)C(Cl)Cl. The standard InChI is InChI=1S/C10H7BrCl2O3/c11-8(16-10(15)9(12)13)7(14)6-4-2-1-3-5-6/h1-5,8-9H. The Labute approximate surface area is 111 Å². The summed E-state index contributed by atoms with van der Waals surface area (Å²) >= 11 is 13.5. The predicted octanol–water partition coefficient (Wildman–Crippen LogP) is 2.94. The van der Waals surface area contributed by atoms with Crippen LogP contribution >= 0.6 is 39.1 Å². The number of alkyl halides is 3. The highest BCUT2D eigenvalue weighted by molar-refractivity contribution is 9.09. The average Bonchev–Trinajstić information content (AvgIpc) is 2.28. The molecule has 1 aromatic rings. The van der Waals surface area contributed by atoms with E-state index in [-0.39, 0.29) is 5.78 Å². The molecule has 0 spiro atoms. The first kappa shape index (κ1) is 13.5. The van der Waals surface area contributed by atoms with Crippen LogP contribution in [-0.2, 0) is 9.53 Å². The molecule has 16 heavy (non-hydrogen) atoms. The maximum Gasteiger partial charge on any atom is 0.341 e. The normalized spacial score (nSPS) is 12.2. The van der Waals surface area contributed by atoms with E-state index in [0.717, 1.165) is 0 Å². The summed E-state index contributed by atoms with van der Waals surface area (Å²) in [7, 11) is 0. The largest absolute Gasteiger partial charge is 0.440 e. The fraction of sp³-hybridized carbons (Fsp3) is 0.200. The van der Waals surface area contributed by atoms with Crippen molar-refractivity contribution in [1.29, 1.82) is 0 Å². The maximum absolute atomic E-state index is 11.7. The van der Waals surface area contributed by atoms with Crippen LogP contribution in [0, 0.1) is 0 Å². The molecule has 0 saturated heterocycles. The number of ether oxygens (including phenoxy) is 1. The molecule has 0 amide bonds. The summed E-state index contributed by atoms with van der Waals surface area (Å²) in [6.07, 6.45) is 0. The molecule has 0 aliphatic carbocycles. The van der Waals surface area contributed by atoms with E-state index in [1.165, 1.54) is 0 Å². The Hall–Kier alpha value is -0.580. The quantitative estimate of drug-likeness (QED) is 0.485. The summed E-state index contributed by atoms with van der Waals surface area (Å²) < 4.78 is 4.69. The van der Waals surface area contributed by atoms with Gasteiger partial charge in [0.05, 0.1) is 0 Å². The minimum atomic E-state index is -1.30. The summed E-state index contributed by atoms with van der Waals surface area (Å²) in [4.78, 5) is 21.4. The number of carbonyl (C=O) groups excluding carboxylic acids is 2. The van der Waals surface area contributed by atoms with E-state index in [0.29, 0.717) is 5.56 Å². The lowest BCUT2D eigenvalue weighted by Crippen LogP contribution is -2.24. The monoisotopic (exact) mass is 324 g/mol. The first-order valence-corrected chi connectivity index (χ1v) is 6.03. The average molecular weight is 326 g/mol. The Kier molecular flexibility index (Phi) is 5.25. The van der Waals surface area contributed by atoms with Gasteiger partial charge in [-0.3, -0.25) is 4.79 Å². The van der Waals surface area contributed by atoms with Crippen LogP contribution in [-0.4, -0.2) is 21.6 Å². The molecule has 0 radical (unpaired) electrons. The van der Waals surface area contributed by atoms with Crippen LogP contribution in [0.4, 0.5) is 0 Å². The lowest BCUT2D eigenvalue weighted by Gasteiger charge is -2.10. The van der Waals surface area contributed by atoms with Gasteiger partial charge in [0, 0.05) is 5.56 Å². The summed E-state index contributed by atoms with van der Waals surface area (Å²) in [5.41, 5.74) is 0.429. The van der Waals surface area contributed by atoms with Gasteiger partial charge in [-0.2, -0.15) is 0 Å². The summed E-state index contributed by atoms with van der Waals surface area (Å²) in [6.45, 7) is 0. The molecular formula is C10H7BrCl2O3. The second-order valence-corrected chi connectivity index (χ2v) is 4.71. The zero-order valence-electron chi connectivity index (χ0n) is 7.90. The van der Waals surface area contributed by atoms with Gasteiger partial charge in [0.15, 0.2) is 0 Å². The second kappa shape index (κ2) is 6.23. The zero-order valence-corrected chi connectivity index (χ0v) is 11.0. The molecule has 0 N–H and O–H groups in total. The number of benzene rings is 1. The van der Waals surface area contributed by atoms with Gasteiger partial charge in [0.2, 0.25) is 15.6 Å². The molecule has 86 valence electrons. The van der Waals surface area contributed by atoms with Gasteiger partial charge in [-0.25, -0.2) is 4.79 Å². The fourth-order valence-corrected chi connectivity index (χ4v) is 1.49. The predicted molar refractivity (Wildman–Crippen MR) is 65.1 cm³/mol. The van der Waals surface area contributed by atoms with Gasteiger partial charge in [-0.15, -0.1) is 0 Å². The van der Waals surface area contributed by atoms with Gasteiger partial charge in [-0.05, 0) is 15.9 Å². The molecule has 0 bridgehead atoms. The van der Waals surface area contributed by atoms with Gasteiger partial charge >= 0.3 is 5.97 Å². The Balaban J connectivity index is 2.65. The van der Waals surface area contributed by atoms with E-state index in [4.69, 9.17) is 27.9 Å². The number of hydrogen-bond donors (Lipinski definition) is 0. The lowest BCUT2D eigenvalue weighted by molar-refractivity contribution is -0.141. The molecule has 0 aliphatic heterocycles. The molecule has 0 aromatic heterocycles. The molecule has 3 nitrogen and oxygen atoms in total. The topological polar surface area (TPSA) is 43.4 Å². The third-order valence-electron chi connectivity index (χ3n) is 1.66. The van der Waals surface area contributed by atoms with Crippen molar-refractivity contribution < 1.29 is 14.3 Å². The number of hydrogen-bond acceptors (Lipinski definition) is 3. The van der Waals surface area contributed by atoms with E-state index < -0.39 is 15.8 Å². The molecule has 1 aromatic carbocycles. The van der Waals surface area contributed by atoms with Crippen LogP contribution < -0.4 is 0 Å². The highest BCUT2D eigenvalue weighted by Crippen LogP contribution is 2.14. The van der Waals surface area contributed by atoms with Crippen molar-refractivity contribution in [3.8, 4) is 0 Å². The highest BCUT2D eigenvalue weighted by Gasteiger charge is 2.23. The Morgan fingerprint density at radius 1 is 1.19 bits per heavy atom. The molecular weight excluding hydrogens is 319 g/mol. The van der Waals surface area contributed by atoms with Crippen molar-refractivity contribution in [3.05, 3.63) is 35.9 Å².